The van der Waals surface area contributed by atoms with Crippen LogP contribution in [0.4, 0.5) is 0 Å². The summed E-state index contributed by atoms with van der Waals surface area (Å²) in [4.78, 5) is 7.99. The summed E-state index contributed by atoms with van der Waals surface area (Å²) in [6, 6.07) is 8.93. The SMILES string of the molecule is Cl.O=S(=O)(O)c1ccc(Oc2ccc(-n3ccnc3)nc2)cc1. The highest BCUT2D eigenvalue weighted by Crippen LogP contribution is 2.22. The molecule has 0 saturated heterocycles. The van der Waals surface area contributed by atoms with Crippen molar-refractivity contribution in [2.75, 3.05) is 0 Å². The van der Waals surface area contributed by atoms with Crippen LogP contribution in [-0.4, -0.2) is 27.5 Å². The van der Waals surface area contributed by atoms with Gasteiger partial charge in [-0.15, -0.1) is 12.4 Å². The van der Waals surface area contributed by atoms with Crippen molar-refractivity contribution in [1.29, 1.82) is 0 Å². The van der Waals surface area contributed by atoms with E-state index in [-0.39, 0.29) is 17.3 Å². The number of hydrogen-bond acceptors (Lipinski definition) is 5. The average Bonchev–Trinajstić information content (AvgIpc) is 3.02. The number of nitrogens with zero attached hydrogens (tertiary/aromatic N) is 3. The third-order valence-electron chi connectivity index (χ3n) is 2.85. The van der Waals surface area contributed by atoms with Crippen LogP contribution in [0.25, 0.3) is 5.82 Å². The van der Waals surface area contributed by atoms with Gasteiger partial charge in [-0.25, -0.2) is 9.97 Å². The van der Waals surface area contributed by atoms with Crippen molar-refractivity contribution in [2.45, 2.75) is 4.90 Å². The van der Waals surface area contributed by atoms with E-state index in [0.717, 1.165) is 0 Å². The Morgan fingerprint density at radius 1 is 1.04 bits per heavy atom. The molecule has 0 amide bonds. The summed E-state index contributed by atoms with van der Waals surface area (Å²) in [7, 11) is -4.20. The number of aromatic nitrogens is 3. The zero-order valence-corrected chi connectivity index (χ0v) is 13.2. The molecule has 0 aliphatic carbocycles. The third kappa shape index (κ3) is 4.07. The first kappa shape index (κ1) is 16.9. The van der Waals surface area contributed by atoms with E-state index in [4.69, 9.17) is 9.29 Å². The van der Waals surface area contributed by atoms with Crippen LogP contribution in [0.3, 0.4) is 0 Å². The van der Waals surface area contributed by atoms with Gasteiger partial charge in [-0.1, -0.05) is 0 Å². The van der Waals surface area contributed by atoms with Gasteiger partial charge in [0.05, 0.1) is 11.1 Å². The van der Waals surface area contributed by atoms with Gasteiger partial charge in [-0.2, -0.15) is 8.42 Å². The lowest BCUT2D eigenvalue weighted by Crippen LogP contribution is -1.97. The minimum atomic E-state index is -4.20. The standard InChI is InChI=1S/C14H11N3O4S.ClH/c18-22(19,20)13-4-1-11(2-5-13)21-12-3-6-14(16-9-12)17-8-7-15-10-17;/h1-10H,(H,18,19,20);1H. The van der Waals surface area contributed by atoms with Crippen LogP contribution < -0.4 is 4.74 Å². The van der Waals surface area contributed by atoms with E-state index >= 15 is 0 Å². The summed E-state index contributed by atoms with van der Waals surface area (Å²) >= 11 is 0. The monoisotopic (exact) mass is 353 g/mol. The molecule has 0 unspecified atom stereocenters. The van der Waals surface area contributed by atoms with Crippen molar-refractivity contribution in [3.8, 4) is 17.3 Å². The van der Waals surface area contributed by atoms with Gasteiger partial charge in [0, 0.05) is 12.4 Å². The Labute approximate surface area is 138 Å². The van der Waals surface area contributed by atoms with E-state index in [0.29, 0.717) is 17.3 Å². The zero-order chi connectivity index (χ0) is 15.6. The van der Waals surface area contributed by atoms with Crippen LogP contribution >= 0.6 is 12.4 Å². The Balaban J connectivity index is 0.00000192. The lowest BCUT2D eigenvalue weighted by Gasteiger charge is -2.07. The Bertz CT molecular complexity index is 863. The highest BCUT2D eigenvalue weighted by molar-refractivity contribution is 7.85. The lowest BCUT2D eigenvalue weighted by molar-refractivity contribution is 0.476. The van der Waals surface area contributed by atoms with Gasteiger partial charge in [-0.05, 0) is 36.4 Å². The van der Waals surface area contributed by atoms with Crippen LogP contribution in [0.15, 0.2) is 66.2 Å². The van der Waals surface area contributed by atoms with Crippen molar-refractivity contribution in [3.05, 3.63) is 61.3 Å². The van der Waals surface area contributed by atoms with E-state index in [1.807, 2.05) is 0 Å². The molecule has 3 rings (SSSR count). The fourth-order valence-corrected chi connectivity index (χ4v) is 2.28. The number of rotatable bonds is 4. The molecule has 0 radical (unpaired) electrons. The highest BCUT2D eigenvalue weighted by Gasteiger charge is 2.09. The molecule has 0 bridgehead atoms. The maximum Gasteiger partial charge on any atom is 0.294 e. The number of benzene rings is 1. The maximum atomic E-state index is 10.9. The minimum Gasteiger partial charge on any atom is -0.456 e. The molecular formula is C14H12ClN3O4S. The molecule has 0 saturated carbocycles. The van der Waals surface area contributed by atoms with Crippen molar-refractivity contribution in [1.82, 2.24) is 14.5 Å². The maximum absolute atomic E-state index is 10.9. The highest BCUT2D eigenvalue weighted by atomic mass is 35.5. The molecule has 1 N–H and O–H groups in total. The first-order valence-electron chi connectivity index (χ1n) is 6.22. The van der Waals surface area contributed by atoms with E-state index in [2.05, 4.69) is 9.97 Å². The molecule has 2 heterocycles. The van der Waals surface area contributed by atoms with Gasteiger partial charge in [-0.3, -0.25) is 9.12 Å². The van der Waals surface area contributed by atoms with Crippen LogP contribution in [0.1, 0.15) is 0 Å². The predicted molar refractivity (Wildman–Crippen MR) is 84.9 cm³/mol. The van der Waals surface area contributed by atoms with Gasteiger partial charge < -0.3 is 4.74 Å². The normalized spacial score (nSPS) is 10.8. The van der Waals surface area contributed by atoms with E-state index in [1.54, 1.807) is 41.6 Å². The molecule has 0 atom stereocenters. The Hall–Kier alpha value is -2.42. The first-order valence-corrected chi connectivity index (χ1v) is 7.66. The van der Waals surface area contributed by atoms with Gasteiger partial charge in [0.15, 0.2) is 0 Å². The first-order chi connectivity index (χ1) is 10.5. The second-order valence-corrected chi connectivity index (χ2v) is 5.79. The van der Waals surface area contributed by atoms with Crippen LogP contribution in [-0.2, 0) is 10.1 Å². The summed E-state index contributed by atoms with van der Waals surface area (Å²) < 4.78 is 38.1. The van der Waals surface area contributed by atoms with Gasteiger partial charge >= 0.3 is 0 Å². The summed E-state index contributed by atoms with van der Waals surface area (Å²) in [5.74, 6) is 1.64. The topological polar surface area (TPSA) is 94.3 Å². The van der Waals surface area contributed by atoms with E-state index in [1.165, 1.54) is 24.3 Å². The Morgan fingerprint density at radius 2 is 1.74 bits per heavy atom. The number of pyridine rings is 1. The van der Waals surface area contributed by atoms with Gasteiger partial charge in [0.1, 0.15) is 23.6 Å². The minimum absolute atomic E-state index is 0. The number of ether oxygens (including phenoxy) is 1. The molecule has 2 aromatic heterocycles. The predicted octanol–water partition coefficient (Wildman–Crippen LogP) is 2.73. The molecule has 120 valence electrons. The van der Waals surface area contributed by atoms with Crippen molar-refractivity contribution < 1.29 is 17.7 Å². The quantitative estimate of drug-likeness (QED) is 0.725. The number of hydrogen-bond donors (Lipinski definition) is 1. The molecule has 9 heteroatoms. The largest absolute Gasteiger partial charge is 0.456 e. The Kier molecular flexibility index (Phi) is 4.99. The summed E-state index contributed by atoms with van der Waals surface area (Å²) in [5, 5.41) is 0. The number of imidazole rings is 1. The van der Waals surface area contributed by atoms with E-state index in [9.17, 15) is 8.42 Å². The van der Waals surface area contributed by atoms with Gasteiger partial charge in [0.2, 0.25) is 0 Å². The lowest BCUT2D eigenvalue weighted by atomic mass is 10.3. The molecule has 1 aromatic carbocycles. The molecule has 0 spiro atoms. The summed E-state index contributed by atoms with van der Waals surface area (Å²) in [6.07, 6.45) is 6.61. The average molecular weight is 354 g/mol. The van der Waals surface area contributed by atoms with Crippen LogP contribution in [0.5, 0.6) is 11.5 Å². The summed E-state index contributed by atoms with van der Waals surface area (Å²) in [5.41, 5.74) is 0. The molecule has 23 heavy (non-hydrogen) atoms. The van der Waals surface area contributed by atoms with Crippen molar-refractivity contribution >= 4 is 22.5 Å². The smallest absolute Gasteiger partial charge is 0.294 e. The van der Waals surface area contributed by atoms with Crippen molar-refractivity contribution in [2.24, 2.45) is 0 Å². The molecule has 0 fully saturated rings. The Morgan fingerprint density at radius 3 is 2.26 bits per heavy atom. The summed E-state index contributed by atoms with van der Waals surface area (Å²) in [6.45, 7) is 0. The van der Waals surface area contributed by atoms with Gasteiger partial charge in [0.25, 0.3) is 10.1 Å². The zero-order valence-electron chi connectivity index (χ0n) is 11.6. The van der Waals surface area contributed by atoms with Crippen LogP contribution in [0, 0.1) is 0 Å². The van der Waals surface area contributed by atoms with E-state index < -0.39 is 10.1 Å². The molecular weight excluding hydrogens is 342 g/mol. The fourth-order valence-electron chi connectivity index (χ4n) is 1.80. The second-order valence-electron chi connectivity index (χ2n) is 4.37. The fraction of sp³-hybridized carbons (Fsp3) is 0. The third-order valence-corrected chi connectivity index (χ3v) is 3.71. The second kappa shape index (κ2) is 6.78. The molecule has 3 aromatic rings. The van der Waals surface area contributed by atoms with Crippen molar-refractivity contribution in [3.63, 3.8) is 0 Å². The molecule has 7 nitrogen and oxygen atoms in total. The van der Waals surface area contributed by atoms with Crippen LogP contribution in [0.2, 0.25) is 0 Å². The molecule has 0 aliphatic rings. The number of halogens is 1. The molecule has 0 aliphatic heterocycles.